The van der Waals surface area contributed by atoms with Crippen LogP contribution in [0.3, 0.4) is 0 Å². The molecule has 0 aliphatic rings. The Morgan fingerprint density at radius 1 is 0.778 bits per heavy atom. The number of unbranched alkanes of at least 4 members (excludes halogenated alkanes) is 13. The number of fused-ring (bicyclic) bond motifs is 1. The minimum absolute atomic E-state index is 0.240. The second-order valence-corrected chi connectivity index (χ2v) is 13.1. The number of anilines is 1. The lowest BCUT2D eigenvalue weighted by Gasteiger charge is -2.12. The second-order valence-electron chi connectivity index (χ2n) is 13.1. The minimum Gasteiger partial charge on any atom is -0.494 e. The molecule has 0 unspecified atom stereocenters. The number of benzene rings is 2. The monoisotopic (exact) mass is 629 g/mol. The van der Waals surface area contributed by atoms with E-state index in [1.165, 1.54) is 44.9 Å². The summed E-state index contributed by atoms with van der Waals surface area (Å²) in [6.07, 6.45) is 13.4. The maximum Gasteiger partial charge on any atom is 0.389 e. The first-order chi connectivity index (χ1) is 21.8. The first kappa shape index (κ1) is 36.8. The largest absolute Gasteiger partial charge is 0.494 e. The Morgan fingerprint density at radius 3 is 2.04 bits per heavy atom. The Morgan fingerprint density at radius 2 is 1.40 bits per heavy atom. The van der Waals surface area contributed by atoms with Gasteiger partial charge in [-0.2, -0.15) is 13.2 Å². The number of rotatable bonds is 24. The molecule has 1 aromatic heterocycles. The lowest BCUT2D eigenvalue weighted by molar-refractivity contribution is -0.135. The number of alkyl halides is 3. The molecule has 0 radical (unpaired) electrons. The molecule has 45 heavy (non-hydrogen) atoms. The molecule has 0 aliphatic heterocycles. The summed E-state index contributed by atoms with van der Waals surface area (Å²) in [5, 5.41) is 3.53. The van der Waals surface area contributed by atoms with E-state index < -0.39 is 12.6 Å². The summed E-state index contributed by atoms with van der Waals surface area (Å²) in [6, 6.07) is 14.9. The fourth-order valence-electron chi connectivity index (χ4n) is 5.81. The number of aromatic nitrogens is 2. The topological polar surface area (TPSA) is 39.1 Å². The number of halogens is 3. The van der Waals surface area contributed by atoms with Crippen molar-refractivity contribution in [2.75, 3.05) is 18.5 Å². The zero-order chi connectivity index (χ0) is 32.3. The predicted octanol–water partition coefficient (Wildman–Crippen LogP) is 12.2. The summed E-state index contributed by atoms with van der Waals surface area (Å²) in [5.74, 6) is 2.58. The van der Waals surface area contributed by atoms with Crippen molar-refractivity contribution in [1.29, 1.82) is 0 Å². The number of nitrogens with zero attached hydrogens (tertiary/aromatic N) is 2. The van der Waals surface area contributed by atoms with E-state index in [1.54, 1.807) is 0 Å². The Kier molecular flexibility index (Phi) is 16.7. The lowest BCUT2D eigenvalue weighted by atomic mass is 10.1. The average molecular weight is 630 g/mol. The molecule has 0 saturated heterocycles. The van der Waals surface area contributed by atoms with Crippen LogP contribution < -0.4 is 10.1 Å². The van der Waals surface area contributed by atoms with E-state index in [9.17, 15) is 13.2 Å². The predicted molar refractivity (Wildman–Crippen MR) is 184 cm³/mol. The fourth-order valence-corrected chi connectivity index (χ4v) is 5.81. The van der Waals surface area contributed by atoms with Crippen LogP contribution in [0.1, 0.15) is 136 Å². The van der Waals surface area contributed by atoms with Gasteiger partial charge in [0.15, 0.2) is 0 Å². The molecule has 1 N–H and O–H groups in total. The molecule has 4 nitrogen and oxygen atoms in total. The molecule has 252 valence electrons. The van der Waals surface area contributed by atoms with Gasteiger partial charge in [0.2, 0.25) is 0 Å². The van der Waals surface area contributed by atoms with Crippen LogP contribution in [0.25, 0.3) is 16.7 Å². The van der Waals surface area contributed by atoms with E-state index in [2.05, 4.69) is 73.1 Å². The van der Waals surface area contributed by atoms with Crippen LogP contribution in [0.5, 0.6) is 5.75 Å². The van der Waals surface area contributed by atoms with Crippen molar-refractivity contribution in [2.45, 2.75) is 143 Å². The van der Waals surface area contributed by atoms with Crippen LogP contribution in [-0.4, -0.2) is 28.9 Å². The number of nitrogens with one attached hydrogen (secondary N) is 1. The van der Waals surface area contributed by atoms with E-state index in [1.807, 2.05) is 0 Å². The number of hydrogen-bond donors (Lipinski definition) is 1. The number of ether oxygens (including phenoxy) is 1. The fraction of sp³-hybridized carbons (Fsp3) is 0.658. The van der Waals surface area contributed by atoms with Gasteiger partial charge in [0.25, 0.3) is 0 Å². The summed E-state index contributed by atoms with van der Waals surface area (Å²) >= 11 is 0. The highest BCUT2D eigenvalue weighted by Gasteiger charge is 2.25. The van der Waals surface area contributed by atoms with Crippen LogP contribution in [0.15, 0.2) is 42.5 Å². The second kappa shape index (κ2) is 20.4. The smallest absolute Gasteiger partial charge is 0.389 e. The number of hydrogen-bond acceptors (Lipinski definition) is 3. The van der Waals surface area contributed by atoms with Gasteiger partial charge in [-0.15, -0.1) is 0 Å². The van der Waals surface area contributed by atoms with Crippen LogP contribution >= 0.6 is 0 Å². The Bertz CT molecular complexity index is 1200. The van der Waals surface area contributed by atoms with Gasteiger partial charge in [-0.25, -0.2) is 4.98 Å². The third kappa shape index (κ3) is 14.5. The van der Waals surface area contributed by atoms with Crippen LogP contribution in [0.4, 0.5) is 18.9 Å². The van der Waals surface area contributed by atoms with Crippen molar-refractivity contribution < 1.29 is 17.9 Å². The minimum atomic E-state index is -4.03. The molecule has 0 fully saturated rings. The molecule has 0 saturated carbocycles. The van der Waals surface area contributed by atoms with Crippen molar-refractivity contribution >= 4 is 16.7 Å². The molecule has 0 amide bonds. The molecule has 1 heterocycles. The highest BCUT2D eigenvalue weighted by Crippen LogP contribution is 2.28. The third-order valence-corrected chi connectivity index (χ3v) is 8.50. The van der Waals surface area contributed by atoms with Crippen molar-refractivity contribution in [3.8, 4) is 11.4 Å². The molecule has 0 atom stereocenters. The molecule has 2 aromatic carbocycles. The molecule has 7 heteroatoms. The number of aryl methyl sites for hydroxylation is 1. The van der Waals surface area contributed by atoms with Gasteiger partial charge < -0.3 is 10.1 Å². The summed E-state index contributed by atoms with van der Waals surface area (Å²) < 4.78 is 45.5. The van der Waals surface area contributed by atoms with Gasteiger partial charge in [-0.05, 0) is 68.0 Å². The van der Waals surface area contributed by atoms with E-state index in [4.69, 9.17) is 9.72 Å². The van der Waals surface area contributed by atoms with Gasteiger partial charge in [0.1, 0.15) is 11.6 Å². The summed E-state index contributed by atoms with van der Waals surface area (Å²) in [7, 11) is 0. The first-order valence-corrected chi connectivity index (χ1v) is 17.8. The SMILES string of the molecule is CCCCCCCCCCOc1ccc2c(c1)nc(CCCCCCCCCC(F)(F)F)n2-c1ccc(NCCC(C)C)cc1. The standard InChI is InChI=1S/C38H58F3N3O/c1-4-5-6-7-8-12-15-18-29-45-34-24-25-36-35(30-34)43-37(19-16-13-10-9-11-14-17-27-38(39,40)41)44(36)33-22-20-32(21-23-33)42-28-26-31(2)3/h20-25,30-31,42H,4-19,26-29H2,1-3H3. The zero-order valence-electron chi connectivity index (χ0n) is 28.2. The normalized spacial score (nSPS) is 12.0. The van der Waals surface area contributed by atoms with E-state index in [-0.39, 0.29) is 6.42 Å². The summed E-state index contributed by atoms with van der Waals surface area (Å²) in [5.41, 5.74) is 4.24. The maximum atomic E-state index is 12.4. The highest BCUT2D eigenvalue weighted by molar-refractivity contribution is 5.80. The lowest BCUT2D eigenvalue weighted by Crippen LogP contribution is -2.06. The Hall–Kier alpha value is -2.70. The third-order valence-electron chi connectivity index (χ3n) is 8.50. The van der Waals surface area contributed by atoms with Gasteiger partial charge in [-0.1, -0.05) is 97.8 Å². The first-order valence-electron chi connectivity index (χ1n) is 17.8. The van der Waals surface area contributed by atoms with Crippen molar-refractivity contribution in [3.05, 3.63) is 48.3 Å². The van der Waals surface area contributed by atoms with Gasteiger partial charge in [0.05, 0.1) is 17.6 Å². The van der Waals surface area contributed by atoms with Crippen molar-refractivity contribution in [1.82, 2.24) is 9.55 Å². The zero-order valence-corrected chi connectivity index (χ0v) is 28.2. The summed E-state index contributed by atoms with van der Waals surface area (Å²) in [4.78, 5) is 5.08. The molecule has 0 bridgehead atoms. The van der Waals surface area contributed by atoms with Crippen molar-refractivity contribution in [2.24, 2.45) is 5.92 Å². The van der Waals surface area contributed by atoms with Crippen LogP contribution in [-0.2, 0) is 6.42 Å². The Balaban J connectivity index is 1.58. The quantitative estimate of drug-likeness (QED) is 0.100. The van der Waals surface area contributed by atoms with Gasteiger partial charge >= 0.3 is 6.18 Å². The number of imidazole rings is 1. The molecule has 0 aliphatic carbocycles. The molecule has 0 spiro atoms. The molecule has 3 rings (SSSR count). The van der Waals surface area contributed by atoms with E-state index in [0.29, 0.717) is 12.3 Å². The van der Waals surface area contributed by atoms with E-state index in [0.717, 1.165) is 98.5 Å². The van der Waals surface area contributed by atoms with Crippen LogP contribution in [0.2, 0.25) is 0 Å². The summed E-state index contributed by atoms with van der Waals surface area (Å²) in [6.45, 7) is 8.42. The molecular formula is C38H58F3N3O. The van der Waals surface area contributed by atoms with Crippen LogP contribution in [0, 0.1) is 5.92 Å². The Labute approximate surface area is 270 Å². The highest BCUT2D eigenvalue weighted by atomic mass is 19.4. The molecule has 3 aromatic rings. The molecular weight excluding hydrogens is 571 g/mol. The maximum absolute atomic E-state index is 12.4. The van der Waals surface area contributed by atoms with Crippen molar-refractivity contribution in [3.63, 3.8) is 0 Å². The van der Waals surface area contributed by atoms with Gasteiger partial charge in [0, 0.05) is 36.8 Å². The van der Waals surface area contributed by atoms with E-state index >= 15 is 0 Å². The average Bonchev–Trinajstić information content (AvgIpc) is 3.36. The van der Waals surface area contributed by atoms with Gasteiger partial charge in [-0.3, -0.25) is 4.57 Å².